The Labute approximate surface area is 81.8 Å². The van der Waals surface area contributed by atoms with Crippen molar-refractivity contribution in [1.29, 1.82) is 0 Å². The van der Waals surface area contributed by atoms with Crippen LogP contribution in [0.3, 0.4) is 0 Å². The van der Waals surface area contributed by atoms with Gasteiger partial charge in [-0.15, -0.1) is 0 Å². The fourth-order valence-electron chi connectivity index (χ4n) is 1.11. The Balaban J connectivity index is 3.17. The molecule has 3 nitrogen and oxygen atoms in total. The summed E-state index contributed by atoms with van der Waals surface area (Å²) in [5, 5.41) is 3.31. The molecular weight excluding hydrogens is 166 g/mol. The van der Waals surface area contributed by atoms with E-state index in [4.69, 9.17) is 9.47 Å². The van der Waals surface area contributed by atoms with E-state index in [9.17, 15) is 0 Å². The summed E-state index contributed by atoms with van der Waals surface area (Å²) in [6.07, 6.45) is 1.42. The molecule has 1 N–H and O–H groups in total. The summed E-state index contributed by atoms with van der Waals surface area (Å²) >= 11 is 0. The Hall–Kier alpha value is -0.120. The third-order valence-electron chi connectivity index (χ3n) is 1.86. The van der Waals surface area contributed by atoms with Crippen molar-refractivity contribution in [2.75, 3.05) is 32.9 Å². The SMILES string of the molecule is CCOCCNCC(CC)OCC. The number of ether oxygens (including phenoxy) is 2. The van der Waals surface area contributed by atoms with Crippen LogP contribution in [-0.2, 0) is 9.47 Å². The minimum absolute atomic E-state index is 0.353. The molecule has 0 bridgehead atoms. The van der Waals surface area contributed by atoms with Gasteiger partial charge in [-0.3, -0.25) is 0 Å². The van der Waals surface area contributed by atoms with Crippen LogP contribution in [0.15, 0.2) is 0 Å². The molecule has 0 aromatic carbocycles. The fourth-order valence-corrected chi connectivity index (χ4v) is 1.11. The lowest BCUT2D eigenvalue weighted by Gasteiger charge is -2.15. The summed E-state index contributed by atoms with van der Waals surface area (Å²) in [6.45, 7) is 10.4. The molecule has 0 aromatic heterocycles. The lowest BCUT2D eigenvalue weighted by Crippen LogP contribution is -2.31. The van der Waals surface area contributed by atoms with Gasteiger partial charge in [-0.05, 0) is 20.3 Å². The molecule has 0 aromatic rings. The standard InChI is InChI=1S/C10H23NO2/c1-4-10(13-6-3)9-11-7-8-12-5-2/h10-11H,4-9H2,1-3H3. The Morgan fingerprint density at radius 2 is 1.92 bits per heavy atom. The molecule has 1 atom stereocenters. The quantitative estimate of drug-likeness (QED) is 0.557. The van der Waals surface area contributed by atoms with Crippen LogP contribution in [0.1, 0.15) is 27.2 Å². The van der Waals surface area contributed by atoms with Crippen molar-refractivity contribution < 1.29 is 9.47 Å². The van der Waals surface area contributed by atoms with E-state index in [0.717, 1.165) is 39.3 Å². The monoisotopic (exact) mass is 189 g/mol. The van der Waals surface area contributed by atoms with Gasteiger partial charge >= 0.3 is 0 Å². The normalized spacial score (nSPS) is 13.2. The van der Waals surface area contributed by atoms with Crippen molar-refractivity contribution in [3.8, 4) is 0 Å². The molecule has 3 heteroatoms. The molecule has 0 saturated heterocycles. The first-order chi connectivity index (χ1) is 6.35. The summed E-state index contributed by atoms with van der Waals surface area (Å²) in [7, 11) is 0. The first kappa shape index (κ1) is 12.9. The van der Waals surface area contributed by atoms with Gasteiger partial charge in [-0.1, -0.05) is 6.92 Å². The molecule has 1 unspecified atom stereocenters. The minimum atomic E-state index is 0.353. The fraction of sp³-hybridized carbons (Fsp3) is 1.00. The maximum absolute atomic E-state index is 5.49. The van der Waals surface area contributed by atoms with E-state index in [-0.39, 0.29) is 0 Å². The Morgan fingerprint density at radius 1 is 1.15 bits per heavy atom. The second-order valence-electron chi connectivity index (χ2n) is 2.89. The van der Waals surface area contributed by atoms with Crippen molar-refractivity contribution in [1.82, 2.24) is 5.32 Å². The molecule has 80 valence electrons. The van der Waals surface area contributed by atoms with Crippen LogP contribution in [0.25, 0.3) is 0 Å². The lowest BCUT2D eigenvalue weighted by atomic mass is 10.3. The number of hydrogen-bond acceptors (Lipinski definition) is 3. The number of hydrogen-bond donors (Lipinski definition) is 1. The zero-order valence-electron chi connectivity index (χ0n) is 9.14. The van der Waals surface area contributed by atoms with E-state index in [0.29, 0.717) is 6.10 Å². The molecule has 0 aliphatic rings. The molecule has 0 aliphatic carbocycles. The highest BCUT2D eigenvalue weighted by molar-refractivity contribution is 4.58. The van der Waals surface area contributed by atoms with Gasteiger partial charge in [-0.25, -0.2) is 0 Å². The van der Waals surface area contributed by atoms with E-state index >= 15 is 0 Å². The van der Waals surface area contributed by atoms with Gasteiger partial charge < -0.3 is 14.8 Å². The van der Waals surface area contributed by atoms with Crippen molar-refractivity contribution >= 4 is 0 Å². The molecule has 0 amide bonds. The Kier molecular flexibility index (Phi) is 9.87. The first-order valence-electron chi connectivity index (χ1n) is 5.25. The van der Waals surface area contributed by atoms with Gasteiger partial charge in [0.05, 0.1) is 12.7 Å². The molecule has 0 aliphatic heterocycles. The van der Waals surface area contributed by atoms with E-state index in [2.05, 4.69) is 12.2 Å². The molecule has 0 spiro atoms. The highest BCUT2D eigenvalue weighted by atomic mass is 16.5. The molecular formula is C10H23NO2. The van der Waals surface area contributed by atoms with Crippen LogP contribution in [0, 0.1) is 0 Å². The molecule has 0 fully saturated rings. The van der Waals surface area contributed by atoms with Crippen LogP contribution in [0.4, 0.5) is 0 Å². The topological polar surface area (TPSA) is 30.5 Å². The zero-order valence-corrected chi connectivity index (χ0v) is 9.14. The maximum atomic E-state index is 5.49. The van der Waals surface area contributed by atoms with E-state index in [1.54, 1.807) is 0 Å². The molecule has 0 rings (SSSR count). The van der Waals surface area contributed by atoms with Gasteiger partial charge in [0.25, 0.3) is 0 Å². The van der Waals surface area contributed by atoms with Crippen molar-refractivity contribution in [3.63, 3.8) is 0 Å². The highest BCUT2D eigenvalue weighted by Crippen LogP contribution is 1.95. The van der Waals surface area contributed by atoms with Crippen molar-refractivity contribution in [3.05, 3.63) is 0 Å². The van der Waals surface area contributed by atoms with Gasteiger partial charge in [-0.2, -0.15) is 0 Å². The Bertz CT molecular complexity index is 98.9. The second-order valence-corrected chi connectivity index (χ2v) is 2.89. The number of rotatable bonds is 9. The minimum Gasteiger partial charge on any atom is -0.380 e. The van der Waals surface area contributed by atoms with Gasteiger partial charge in [0.15, 0.2) is 0 Å². The zero-order chi connectivity index (χ0) is 9.94. The molecule has 0 radical (unpaired) electrons. The molecule has 0 saturated carbocycles. The molecule has 13 heavy (non-hydrogen) atoms. The van der Waals surface area contributed by atoms with Crippen molar-refractivity contribution in [2.24, 2.45) is 0 Å². The summed E-state index contributed by atoms with van der Waals surface area (Å²) in [6, 6.07) is 0. The number of nitrogens with one attached hydrogen (secondary N) is 1. The van der Waals surface area contributed by atoms with Crippen LogP contribution in [0.2, 0.25) is 0 Å². The third-order valence-corrected chi connectivity index (χ3v) is 1.86. The van der Waals surface area contributed by atoms with Crippen LogP contribution in [-0.4, -0.2) is 39.0 Å². The average molecular weight is 189 g/mol. The van der Waals surface area contributed by atoms with Gasteiger partial charge in [0, 0.05) is 26.3 Å². The summed E-state index contributed by atoms with van der Waals surface area (Å²) in [4.78, 5) is 0. The first-order valence-corrected chi connectivity index (χ1v) is 5.25. The summed E-state index contributed by atoms with van der Waals surface area (Å²) in [5.41, 5.74) is 0. The molecule has 0 heterocycles. The maximum Gasteiger partial charge on any atom is 0.0696 e. The van der Waals surface area contributed by atoms with E-state index in [1.165, 1.54) is 0 Å². The third kappa shape index (κ3) is 8.22. The van der Waals surface area contributed by atoms with Crippen LogP contribution in [0.5, 0.6) is 0 Å². The average Bonchev–Trinajstić information content (AvgIpc) is 2.16. The predicted molar refractivity (Wildman–Crippen MR) is 55.1 cm³/mol. The van der Waals surface area contributed by atoms with Crippen LogP contribution < -0.4 is 5.32 Å². The van der Waals surface area contributed by atoms with Crippen molar-refractivity contribution in [2.45, 2.75) is 33.3 Å². The second kappa shape index (κ2) is 9.96. The van der Waals surface area contributed by atoms with E-state index in [1.807, 2.05) is 13.8 Å². The lowest BCUT2D eigenvalue weighted by molar-refractivity contribution is 0.0580. The van der Waals surface area contributed by atoms with E-state index < -0.39 is 0 Å². The smallest absolute Gasteiger partial charge is 0.0696 e. The largest absolute Gasteiger partial charge is 0.380 e. The summed E-state index contributed by atoms with van der Waals surface area (Å²) in [5.74, 6) is 0. The van der Waals surface area contributed by atoms with Gasteiger partial charge in [0.2, 0.25) is 0 Å². The highest BCUT2D eigenvalue weighted by Gasteiger charge is 2.03. The Morgan fingerprint density at radius 3 is 2.46 bits per heavy atom. The van der Waals surface area contributed by atoms with Gasteiger partial charge in [0.1, 0.15) is 0 Å². The summed E-state index contributed by atoms with van der Waals surface area (Å²) < 4.78 is 10.7. The van der Waals surface area contributed by atoms with Crippen LogP contribution >= 0.6 is 0 Å². The predicted octanol–water partition coefficient (Wildman–Crippen LogP) is 1.43.